The molecule has 0 radical (unpaired) electrons. The van der Waals surface area contributed by atoms with Gasteiger partial charge in [-0.05, 0) is 19.9 Å². The molecule has 2 heterocycles. The number of nitrogens with one attached hydrogen (secondary N) is 1. The van der Waals surface area contributed by atoms with Crippen molar-refractivity contribution in [1.82, 2.24) is 19.4 Å². The van der Waals surface area contributed by atoms with Gasteiger partial charge in [0.15, 0.2) is 5.13 Å². The maximum atomic E-state index is 12.3. The number of aryl methyl sites for hydroxylation is 1. The molecule has 0 bridgehead atoms. The van der Waals surface area contributed by atoms with Gasteiger partial charge in [-0.1, -0.05) is 6.92 Å². The summed E-state index contributed by atoms with van der Waals surface area (Å²) in [5.41, 5.74) is 0. The van der Waals surface area contributed by atoms with Crippen molar-refractivity contribution in [2.24, 2.45) is 7.05 Å². The second-order valence-electron chi connectivity index (χ2n) is 4.93. The molecule has 0 aliphatic carbocycles. The van der Waals surface area contributed by atoms with Gasteiger partial charge in [-0.25, -0.2) is 9.97 Å². The molecule has 2 aromatic heterocycles. The molecule has 0 fully saturated rings. The Morgan fingerprint density at radius 3 is 2.86 bits per heavy atom. The number of rotatable bonds is 7. The number of carbonyl (C=O) groups excluding carboxylic acids is 1. The third-order valence-corrected chi connectivity index (χ3v) is 4.05. The monoisotopic (exact) mass is 307 g/mol. The Morgan fingerprint density at radius 1 is 1.48 bits per heavy atom. The molecule has 7 heteroatoms. The fraction of sp³-hybridized carbons (Fsp3) is 0.500. The van der Waals surface area contributed by atoms with Crippen LogP contribution in [0.15, 0.2) is 24.0 Å². The van der Waals surface area contributed by atoms with Gasteiger partial charge in [0.1, 0.15) is 5.82 Å². The van der Waals surface area contributed by atoms with Crippen molar-refractivity contribution >= 4 is 22.4 Å². The molecule has 0 aromatic carbocycles. The summed E-state index contributed by atoms with van der Waals surface area (Å²) in [7, 11) is 1.97. The molecule has 0 aliphatic heterocycles. The number of hydrogen-bond acceptors (Lipinski definition) is 5. The molecular weight excluding hydrogens is 286 g/mol. The third-order valence-electron chi connectivity index (χ3n) is 3.37. The zero-order valence-corrected chi connectivity index (χ0v) is 13.4. The molecule has 1 atom stereocenters. The highest BCUT2D eigenvalue weighted by molar-refractivity contribution is 7.13. The summed E-state index contributed by atoms with van der Waals surface area (Å²) < 4.78 is 1.98. The Kier molecular flexibility index (Phi) is 5.46. The molecular formula is C14H21N5OS. The lowest BCUT2D eigenvalue weighted by Gasteiger charge is -2.27. The van der Waals surface area contributed by atoms with Gasteiger partial charge in [-0.15, -0.1) is 11.3 Å². The van der Waals surface area contributed by atoms with Crippen LogP contribution in [0, 0.1) is 0 Å². The molecule has 2 aromatic rings. The van der Waals surface area contributed by atoms with Crippen LogP contribution in [0.2, 0.25) is 0 Å². The molecule has 114 valence electrons. The highest BCUT2D eigenvalue weighted by atomic mass is 32.1. The van der Waals surface area contributed by atoms with Crippen LogP contribution in [-0.2, 0) is 18.4 Å². The van der Waals surface area contributed by atoms with Gasteiger partial charge in [0.05, 0.1) is 12.6 Å². The molecule has 21 heavy (non-hydrogen) atoms. The molecule has 6 nitrogen and oxygen atoms in total. The summed E-state index contributed by atoms with van der Waals surface area (Å²) in [6, 6.07) is -0.231. The normalized spacial score (nSPS) is 12.6. The molecule has 0 unspecified atom stereocenters. The van der Waals surface area contributed by atoms with Crippen molar-refractivity contribution in [3.63, 3.8) is 0 Å². The van der Waals surface area contributed by atoms with Gasteiger partial charge in [0.25, 0.3) is 0 Å². The van der Waals surface area contributed by atoms with Crippen LogP contribution in [0.1, 0.15) is 26.1 Å². The SMILES string of the molecule is CCCN(Cc1nccn1C)[C@@H](C)C(=O)Nc1nccs1. The number of carbonyl (C=O) groups is 1. The summed E-state index contributed by atoms with van der Waals surface area (Å²) in [6.45, 7) is 5.53. The van der Waals surface area contributed by atoms with Gasteiger partial charge >= 0.3 is 0 Å². The van der Waals surface area contributed by atoms with Gasteiger partial charge in [0, 0.05) is 31.0 Å². The van der Waals surface area contributed by atoms with E-state index in [1.54, 1.807) is 12.4 Å². The highest BCUT2D eigenvalue weighted by Gasteiger charge is 2.22. The summed E-state index contributed by atoms with van der Waals surface area (Å²) in [4.78, 5) is 22.9. The zero-order chi connectivity index (χ0) is 15.2. The largest absolute Gasteiger partial charge is 0.337 e. The maximum Gasteiger partial charge on any atom is 0.243 e. The number of aromatic nitrogens is 3. The fourth-order valence-corrected chi connectivity index (χ4v) is 2.62. The standard InChI is InChI=1S/C14H21N5OS/c1-4-7-19(10-12-15-5-8-18(12)3)11(2)13(20)17-14-16-6-9-21-14/h5-6,8-9,11H,4,7,10H2,1-3H3,(H,16,17,20)/t11-/m0/s1. The summed E-state index contributed by atoms with van der Waals surface area (Å²) in [5.74, 6) is 0.921. The van der Waals surface area contributed by atoms with Crippen LogP contribution in [0.5, 0.6) is 0 Å². The molecule has 1 amide bonds. The lowest BCUT2D eigenvalue weighted by Crippen LogP contribution is -2.42. The van der Waals surface area contributed by atoms with Gasteiger partial charge in [-0.2, -0.15) is 0 Å². The van der Waals surface area contributed by atoms with Crippen molar-refractivity contribution < 1.29 is 4.79 Å². The van der Waals surface area contributed by atoms with Crippen molar-refractivity contribution in [3.8, 4) is 0 Å². The number of amides is 1. The Hall–Kier alpha value is -1.73. The first kappa shape index (κ1) is 15.7. The first-order chi connectivity index (χ1) is 10.1. The number of hydrogen-bond donors (Lipinski definition) is 1. The molecule has 2 rings (SSSR count). The molecule has 0 spiro atoms. The zero-order valence-electron chi connectivity index (χ0n) is 12.6. The number of imidazole rings is 1. The first-order valence-electron chi connectivity index (χ1n) is 7.02. The quantitative estimate of drug-likeness (QED) is 0.851. The average molecular weight is 307 g/mol. The Labute approximate surface area is 128 Å². The molecule has 0 aliphatic rings. The van der Waals surface area contributed by atoms with E-state index in [-0.39, 0.29) is 11.9 Å². The van der Waals surface area contributed by atoms with Crippen molar-refractivity contribution in [2.75, 3.05) is 11.9 Å². The minimum Gasteiger partial charge on any atom is -0.337 e. The Balaban J connectivity index is 2.02. The molecule has 1 N–H and O–H groups in total. The van der Waals surface area contributed by atoms with E-state index in [1.165, 1.54) is 11.3 Å². The number of thiazole rings is 1. The van der Waals surface area contributed by atoms with Crippen LogP contribution in [0.25, 0.3) is 0 Å². The van der Waals surface area contributed by atoms with Gasteiger partial charge < -0.3 is 9.88 Å². The van der Waals surface area contributed by atoms with E-state index >= 15 is 0 Å². The van der Waals surface area contributed by atoms with Crippen LogP contribution in [0.4, 0.5) is 5.13 Å². The van der Waals surface area contributed by atoms with E-state index in [9.17, 15) is 4.79 Å². The Bertz CT molecular complexity index is 566. The third kappa shape index (κ3) is 4.12. The number of anilines is 1. The first-order valence-corrected chi connectivity index (χ1v) is 7.90. The second kappa shape index (κ2) is 7.33. The predicted octanol–water partition coefficient (Wildman–Crippen LogP) is 2.12. The smallest absolute Gasteiger partial charge is 0.243 e. The van der Waals surface area contributed by atoms with E-state index in [0.29, 0.717) is 11.7 Å². The summed E-state index contributed by atoms with van der Waals surface area (Å²) in [5, 5.41) is 5.34. The van der Waals surface area contributed by atoms with Crippen LogP contribution < -0.4 is 5.32 Å². The van der Waals surface area contributed by atoms with E-state index in [2.05, 4.69) is 27.1 Å². The minimum absolute atomic E-state index is 0.0346. The van der Waals surface area contributed by atoms with E-state index < -0.39 is 0 Å². The highest BCUT2D eigenvalue weighted by Crippen LogP contribution is 2.13. The van der Waals surface area contributed by atoms with Crippen LogP contribution in [0.3, 0.4) is 0 Å². The van der Waals surface area contributed by atoms with E-state index in [4.69, 9.17) is 0 Å². The minimum atomic E-state index is -0.231. The maximum absolute atomic E-state index is 12.3. The molecule has 0 saturated heterocycles. The van der Waals surface area contributed by atoms with E-state index in [0.717, 1.165) is 18.8 Å². The summed E-state index contributed by atoms with van der Waals surface area (Å²) >= 11 is 1.42. The van der Waals surface area contributed by atoms with Crippen LogP contribution >= 0.6 is 11.3 Å². The van der Waals surface area contributed by atoms with E-state index in [1.807, 2.05) is 30.1 Å². The van der Waals surface area contributed by atoms with Crippen molar-refractivity contribution in [3.05, 3.63) is 29.8 Å². The number of nitrogens with zero attached hydrogens (tertiary/aromatic N) is 4. The van der Waals surface area contributed by atoms with Gasteiger partial charge in [-0.3, -0.25) is 9.69 Å². The topological polar surface area (TPSA) is 63.1 Å². The van der Waals surface area contributed by atoms with Crippen molar-refractivity contribution in [1.29, 1.82) is 0 Å². The van der Waals surface area contributed by atoms with Crippen molar-refractivity contribution in [2.45, 2.75) is 32.9 Å². The van der Waals surface area contributed by atoms with Crippen LogP contribution in [-0.4, -0.2) is 37.9 Å². The Morgan fingerprint density at radius 2 is 2.29 bits per heavy atom. The predicted molar refractivity (Wildman–Crippen MR) is 84.1 cm³/mol. The fourth-order valence-electron chi connectivity index (χ4n) is 2.09. The average Bonchev–Trinajstić information content (AvgIpc) is 3.10. The summed E-state index contributed by atoms with van der Waals surface area (Å²) in [6.07, 6.45) is 6.36. The van der Waals surface area contributed by atoms with Gasteiger partial charge in [0.2, 0.25) is 5.91 Å². The lowest BCUT2D eigenvalue weighted by molar-refractivity contribution is -0.121. The second-order valence-corrected chi connectivity index (χ2v) is 5.82. The molecule has 0 saturated carbocycles. The lowest BCUT2D eigenvalue weighted by atomic mass is 10.2.